The molecule has 0 aromatic heterocycles. The van der Waals surface area contributed by atoms with E-state index < -0.39 is 0 Å². The van der Waals surface area contributed by atoms with E-state index in [1.807, 2.05) is 0 Å². The van der Waals surface area contributed by atoms with Gasteiger partial charge in [-0.05, 0) is 30.7 Å². The summed E-state index contributed by atoms with van der Waals surface area (Å²) < 4.78 is 0. The van der Waals surface area contributed by atoms with Crippen LogP contribution in [0.5, 0.6) is 0 Å². The molecule has 0 heterocycles. The zero-order chi connectivity index (χ0) is 8.48. The average molecular weight is 155 g/mol. The van der Waals surface area contributed by atoms with Gasteiger partial charge in [0.05, 0.1) is 0 Å². The maximum atomic E-state index is 3.58. The summed E-state index contributed by atoms with van der Waals surface area (Å²) >= 11 is 0. The van der Waals surface area contributed by atoms with Gasteiger partial charge in [-0.25, -0.2) is 0 Å². The molecule has 11 heavy (non-hydrogen) atoms. The van der Waals surface area contributed by atoms with Gasteiger partial charge in [0.15, 0.2) is 0 Å². The molecule has 0 radical (unpaired) electrons. The number of hydrogen-bond donors (Lipinski definition) is 1. The predicted octanol–water partition coefficient (Wildman–Crippen LogP) is 2.42. The first kappa shape index (κ1) is 9.05. The molecular weight excluding hydrogens is 134 g/mol. The standard InChI is InChI=1S/C10H21N/c1-5-11-9(8(2)3)10(4)6-7-10/h8-9,11H,5-7H2,1-4H3. The molecule has 1 saturated carbocycles. The van der Waals surface area contributed by atoms with E-state index in [4.69, 9.17) is 0 Å². The van der Waals surface area contributed by atoms with Crippen LogP contribution >= 0.6 is 0 Å². The quantitative estimate of drug-likeness (QED) is 0.657. The third-order valence-electron chi connectivity index (χ3n) is 2.88. The summed E-state index contributed by atoms with van der Waals surface area (Å²) in [6, 6.07) is 0.743. The van der Waals surface area contributed by atoms with Crippen molar-refractivity contribution in [2.75, 3.05) is 6.54 Å². The van der Waals surface area contributed by atoms with Crippen molar-refractivity contribution in [2.45, 2.75) is 46.6 Å². The van der Waals surface area contributed by atoms with Crippen LogP contribution in [0.1, 0.15) is 40.5 Å². The molecule has 1 aliphatic carbocycles. The molecule has 0 saturated heterocycles. The van der Waals surface area contributed by atoms with Crippen molar-refractivity contribution >= 4 is 0 Å². The molecule has 0 aliphatic heterocycles. The van der Waals surface area contributed by atoms with Crippen molar-refractivity contribution in [2.24, 2.45) is 11.3 Å². The lowest BCUT2D eigenvalue weighted by molar-refractivity contribution is 0.285. The maximum absolute atomic E-state index is 3.58. The highest BCUT2D eigenvalue weighted by Crippen LogP contribution is 2.49. The van der Waals surface area contributed by atoms with Crippen LogP contribution < -0.4 is 5.32 Å². The Hall–Kier alpha value is -0.0400. The Labute approximate surface area is 70.6 Å². The first-order valence-corrected chi connectivity index (χ1v) is 4.83. The average Bonchev–Trinajstić information content (AvgIpc) is 2.63. The molecule has 1 N–H and O–H groups in total. The minimum absolute atomic E-state index is 0.629. The summed E-state index contributed by atoms with van der Waals surface area (Å²) in [5.74, 6) is 0.780. The lowest BCUT2D eigenvalue weighted by Gasteiger charge is -2.28. The van der Waals surface area contributed by atoms with Gasteiger partial charge in [0.25, 0.3) is 0 Å². The fourth-order valence-corrected chi connectivity index (χ4v) is 2.01. The van der Waals surface area contributed by atoms with Crippen molar-refractivity contribution in [3.63, 3.8) is 0 Å². The Morgan fingerprint density at radius 2 is 1.91 bits per heavy atom. The minimum Gasteiger partial charge on any atom is -0.313 e. The normalized spacial score (nSPS) is 23.7. The molecule has 1 rings (SSSR count). The molecule has 1 aliphatic rings. The SMILES string of the molecule is CCNC(C(C)C)C1(C)CC1. The van der Waals surface area contributed by atoms with Crippen molar-refractivity contribution in [3.8, 4) is 0 Å². The van der Waals surface area contributed by atoms with Crippen LogP contribution in [-0.2, 0) is 0 Å². The molecule has 1 atom stereocenters. The molecule has 1 unspecified atom stereocenters. The third-order valence-corrected chi connectivity index (χ3v) is 2.88. The van der Waals surface area contributed by atoms with Crippen LogP contribution in [0, 0.1) is 11.3 Å². The van der Waals surface area contributed by atoms with E-state index in [1.165, 1.54) is 12.8 Å². The number of hydrogen-bond acceptors (Lipinski definition) is 1. The summed E-state index contributed by atoms with van der Waals surface area (Å²) in [5.41, 5.74) is 0.629. The van der Waals surface area contributed by atoms with Gasteiger partial charge < -0.3 is 5.32 Å². The Bertz CT molecular complexity index is 125. The van der Waals surface area contributed by atoms with Crippen molar-refractivity contribution in [1.82, 2.24) is 5.32 Å². The molecule has 0 spiro atoms. The smallest absolute Gasteiger partial charge is 0.0144 e. The molecule has 1 nitrogen and oxygen atoms in total. The van der Waals surface area contributed by atoms with Gasteiger partial charge in [0, 0.05) is 6.04 Å². The molecule has 0 aromatic rings. The highest BCUT2D eigenvalue weighted by atomic mass is 14.9. The molecule has 0 bridgehead atoms. The van der Waals surface area contributed by atoms with Crippen LogP contribution in [0.3, 0.4) is 0 Å². The van der Waals surface area contributed by atoms with Crippen LogP contribution in [0.25, 0.3) is 0 Å². The predicted molar refractivity (Wildman–Crippen MR) is 49.6 cm³/mol. The van der Waals surface area contributed by atoms with Crippen LogP contribution in [0.15, 0.2) is 0 Å². The number of nitrogens with one attached hydrogen (secondary N) is 1. The second-order valence-corrected chi connectivity index (χ2v) is 4.43. The fourth-order valence-electron chi connectivity index (χ4n) is 2.01. The van der Waals surface area contributed by atoms with Crippen molar-refractivity contribution < 1.29 is 0 Å². The Morgan fingerprint density at radius 1 is 1.36 bits per heavy atom. The third kappa shape index (κ3) is 1.96. The van der Waals surface area contributed by atoms with E-state index in [9.17, 15) is 0 Å². The molecular formula is C10H21N. The molecule has 66 valence electrons. The van der Waals surface area contributed by atoms with Crippen molar-refractivity contribution in [1.29, 1.82) is 0 Å². The van der Waals surface area contributed by atoms with Gasteiger partial charge in [-0.1, -0.05) is 27.7 Å². The lowest BCUT2D eigenvalue weighted by atomic mass is 9.89. The fraction of sp³-hybridized carbons (Fsp3) is 1.00. The van der Waals surface area contributed by atoms with Crippen LogP contribution in [-0.4, -0.2) is 12.6 Å². The monoisotopic (exact) mass is 155 g/mol. The van der Waals surface area contributed by atoms with E-state index >= 15 is 0 Å². The van der Waals surface area contributed by atoms with E-state index in [-0.39, 0.29) is 0 Å². The molecule has 0 aromatic carbocycles. The largest absolute Gasteiger partial charge is 0.313 e. The first-order chi connectivity index (χ1) is 5.10. The Kier molecular flexibility index (Phi) is 2.58. The van der Waals surface area contributed by atoms with Gasteiger partial charge >= 0.3 is 0 Å². The second kappa shape index (κ2) is 3.14. The maximum Gasteiger partial charge on any atom is 0.0144 e. The van der Waals surface area contributed by atoms with E-state index in [0.717, 1.165) is 18.5 Å². The highest BCUT2D eigenvalue weighted by Gasteiger charge is 2.45. The molecule has 1 fully saturated rings. The summed E-state index contributed by atoms with van der Waals surface area (Å²) in [6.07, 6.45) is 2.84. The van der Waals surface area contributed by atoms with Gasteiger partial charge in [-0.15, -0.1) is 0 Å². The Morgan fingerprint density at radius 3 is 2.18 bits per heavy atom. The van der Waals surface area contributed by atoms with E-state index in [2.05, 4.69) is 33.0 Å². The van der Waals surface area contributed by atoms with Gasteiger partial charge in [-0.2, -0.15) is 0 Å². The summed E-state index contributed by atoms with van der Waals surface area (Å²) in [6.45, 7) is 10.3. The minimum atomic E-state index is 0.629. The number of rotatable bonds is 4. The van der Waals surface area contributed by atoms with E-state index in [1.54, 1.807) is 0 Å². The van der Waals surface area contributed by atoms with Gasteiger partial charge in [0.1, 0.15) is 0 Å². The summed E-state index contributed by atoms with van der Waals surface area (Å²) in [4.78, 5) is 0. The zero-order valence-corrected chi connectivity index (χ0v) is 8.28. The van der Waals surface area contributed by atoms with Gasteiger partial charge in [-0.3, -0.25) is 0 Å². The Balaban J connectivity index is 2.45. The molecule has 0 amide bonds. The van der Waals surface area contributed by atoms with E-state index in [0.29, 0.717) is 5.41 Å². The summed E-state index contributed by atoms with van der Waals surface area (Å²) in [7, 11) is 0. The van der Waals surface area contributed by atoms with Crippen molar-refractivity contribution in [3.05, 3.63) is 0 Å². The van der Waals surface area contributed by atoms with Gasteiger partial charge in [0.2, 0.25) is 0 Å². The van der Waals surface area contributed by atoms with Crippen LogP contribution in [0.2, 0.25) is 0 Å². The zero-order valence-electron chi connectivity index (χ0n) is 8.28. The lowest BCUT2D eigenvalue weighted by Crippen LogP contribution is -2.40. The topological polar surface area (TPSA) is 12.0 Å². The summed E-state index contributed by atoms with van der Waals surface area (Å²) in [5, 5.41) is 3.58. The molecule has 1 heteroatoms. The highest BCUT2D eigenvalue weighted by molar-refractivity contribution is 4.99. The van der Waals surface area contributed by atoms with Crippen LogP contribution in [0.4, 0.5) is 0 Å². The second-order valence-electron chi connectivity index (χ2n) is 4.43. The first-order valence-electron chi connectivity index (χ1n) is 4.83.